The van der Waals surface area contributed by atoms with Crippen LogP contribution >= 0.6 is 22.9 Å². The van der Waals surface area contributed by atoms with Gasteiger partial charge in [-0.2, -0.15) is 0 Å². The fourth-order valence-corrected chi connectivity index (χ4v) is 4.53. The fourth-order valence-electron chi connectivity index (χ4n) is 3.66. The average Bonchev–Trinajstić information content (AvgIpc) is 3.19. The largest absolute Gasteiger partial charge is 0.451 e. The Morgan fingerprint density at radius 2 is 2.33 bits per heavy atom. The predicted octanol–water partition coefficient (Wildman–Crippen LogP) is 5.34. The third-order valence-electron chi connectivity index (χ3n) is 5.00. The number of aromatic nitrogens is 1. The third-order valence-corrected chi connectivity index (χ3v) is 6.05. The van der Waals surface area contributed by atoms with Crippen LogP contribution in [0.15, 0.2) is 28.0 Å². The van der Waals surface area contributed by atoms with Crippen molar-refractivity contribution < 1.29 is 9.21 Å². The van der Waals surface area contributed by atoms with Crippen LogP contribution in [0.3, 0.4) is 0 Å². The van der Waals surface area contributed by atoms with E-state index >= 15 is 0 Å². The Bertz CT molecular complexity index is 981. The number of rotatable bonds is 4. The van der Waals surface area contributed by atoms with Crippen molar-refractivity contribution in [1.29, 1.82) is 0 Å². The van der Waals surface area contributed by atoms with Crippen molar-refractivity contribution >= 4 is 44.9 Å². The lowest BCUT2D eigenvalue weighted by molar-refractivity contribution is 0.0998. The maximum Gasteiger partial charge on any atom is 0.293 e. The monoisotopic (exact) mass is 403 g/mol. The Morgan fingerprint density at radius 3 is 3.15 bits per heavy atom. The van der Waals surface area contributed by atoms with Crippen LogP contribution in [-0.2, 0) is 6.54 Å². The molecule has 5 nitrogen and oxygen atoms in total. The van der Waals surface area contributed by atoms with Crippen LogP contribution in [0.5, 0.6) is 0 Å². The minimum Gasteiger partial charge on any atom is -0.451 e. The van der Waals surface area contributed by atoms with Crippen LogP contribution in [-0.4, -0.2) is 28.9 Å². The molecule has 0 unspecified atom stereocenters. The normalized spacial score (nSPS) is 18.1. The summed E-state index contributed by atoms with van der Waals surface area (Å²) in [6.45, 7) is 7.21. The van der Waals surface area contributed by atoms with Gasteiger partial charge in [0, 0.05) is 34.4 Å². The maximum absolute atomic E-state index is 12.7. The molecule has 0 bridgehead atoms. The van der Waals surface area contributed by atoms with Crippen LogP contribution in [0.25, 0.3) is 11.0 Å². The quantitative estimate of drug-likeness (QED) is 0.639. The van der Waals surface area contributed by atoms with Crippen molar-refractivity contribution in [1.82, 2.24) is 9.88 Å². The summed E-state index contributed by atoms with van der Waals surface area (Å²) in [5.74, 6) is 0.752. The van der Waals surface area contributed by atoms with Crippen LogP contribution in [0.1, 0.15) is 41.6 Å². The summed E-state index contributed by atoms with van der Waals surface area (Å²) < 4.78 is 5.73. The number of amides is 1. The molecule has 3 heterocycles. The van der Waals surface area contributed by atoms with Gasteiger partial charge in [0.25, 0.3) is 5.91 Å². The molecule has 4 rings (SSSR count). The summed E-state index contributed by atoms with van der Waals surface area (Å²) in [5.41, 5.74) is 2.43. The molecule has 1 saturated heterocycles. The summed E-state index contributed by atoms with van der Waals surface area (Å²) in [5, 5.41) is 6.95. The van der Waals surface area contributed by atoms with Gasteiger partial charge in [-0.3, -0.25) is 15.0 Å². The lowest BCUT2D eigenvalue weighted by Crippen LogP contribution is -2.33. The summed E-state index contributed by atoms with van der Waals surface area (Å²) >= 11 is 7.49. The molecular formula is C20H22ClN3O2S. The summed E-state index contributed by atoms with van der Waals surface area (Å²) in [6, 6.07) is 5.35. The number of aryl methyl sites for hydroxylation is 1. The smallest absolute Gasteiger partial charge is 0.293 e. The third kappa shape index (κ3) is 4.03. The second-order valence-electron chi connectivity index (χ2n) is 7.28. The molecule has 1 fully saturated rings. The number of carbonyl (C=O) groups is 1. The van der Waals surface area contributed by atoms with Crippen LogP contribution in [0.2, 0.25) is 5.02 Å². The van der Waals surface area contributed by atoms with Crippen LogP contribution in [0.4, 0.5) is 5.13 Å². The van der Waals surface area contributed by atoms with Crippen molar-refractivity contribution in [3.05, 3.63) is 45.6 Å². The van der Waals surface area contributed by atoms with E-state index in [4.69, 9.17) is 16.0 Å². The lowest BCUT2D eigenvalue weighted by atomic mass is 10.0. The number of anilines is 1. The molecule has 1 N–H and O–H groups in total. The second kappa shape index (κ2) is 7.62. The van der Waals surface area contributed by atoms with E-state index in [2.05, 4.69) is 22.1 Å². The van der Waals surface area contributed by atoms with Crippen molar-refractivity contribution in [2.24, 2.45) is 5.92 Å². The van der Waals surface area contributed by atoms with E-state index in [9.17, 15) is 4.79 Å². The van der Waals surface area contributed by atoms with E-state index in [1.165, 1.54) is 24.2 Å². The molecular weight excluding hydrogens is 382 g/mol. The average molecular weight is 404 g/mol. The van der Waals surface area contributed by atoms with Gasteiger partial charge in [-0.15, -0.1) is 11.3 Å². The van der Waals surface area contributed by atoms with E-state index in [0.717, 1.165) is 42.2 Å². The van der Waals surface area contributed by atoms with Gasteiger partial charge in [0.2, 0.25) is 0 Å². The van der Waals surface area contributed by atoms with E-state index in [0.29, 0.717) is 21.5 Å². The number of carbonyl (C=O) groups excluding carboxylic acids is 1. The van der Waals surface area contributed by atoms with Gasteiger partial charge in [0.1, 0.15) is 5.58 Å². The molecule has 1 atom stereocenters. The van der Waals surface area contributed by atoms with Crippen LogP contribution < -0.4 is 5.32 Å². The van der Waals surface area contributed by atoms with Gasteiger partial charge in [-0.25, -0.2) is 4.98 Å². The van der Waals surface area contributed by atoms with Crippen LogP contribution in [0, 0.1) is 12.8 Å². The van der Waals surface area contributed by atoms with Gasteiger partial charge in [0.05, 0.1) is 5.69 Å². The first kappa shape index (κ1) is 18.5. The topological polar surface area (TPSA) is 58.4 Å². The zero-order valence-corrected chi connectivity index (χ0v) is 17.0. The number of benzene rings is 1. The minimum atomic E-state index is -0.285. The molecule has 0 saturated carbocycles. The van der Waals surface area contributed by atoms with Crippen molar-refractivity contribution in [2.75, 3.05) is 18.4 Å². The number of thiazole rings is 1. The molecule has 1 aliphatic rings. The maximum atomic E-state index is 12.7. The van der Waals surface area contributed by atoms with Gasteiger partial charge in [-0.1, -0.05) is 18.5 Å². The predicted molar refractivity (Wildman–Crippen MR) is 110 cm³/mol. The Hall–Kier alpha value is -1.89. The molecule has 3 aromatic rings. The summed E-state index contributed by atoms with van der Waals surface area (Å²) in [6.07, 6.45) is 2.54. The number of nitrogens with zero attached hydrogens (tertiary/aromatic N) is 2. The molecule has 142 valence electrons. The Kier molecular flexibility index (Phi) is 5.21. The first-order valence-electron chi connectivity index (χ1n) is 9.16. The number of halogens is 1. The number of furan rings is 1. The highest BCUT2D eigenvalue weighted by molar-refractivity contribution is 7.14. The van der Waals surface area contributed by atoms with Gasteiger partial charge in [0.15, 0.2) is 10.9 Å². The molecule has 27 heavy (non-hydrogen) atoms. The Morgan fingerprint density at radius 1 is 1.48 bits per heavy atom. The second-order valence-corrected chi connectivity index (χ2v) is 8.57. The zero-order valence-electron chi connectivity index (χ0n) is 15.4. The molecule has 1 amide bonds. The standard InChI is InChI=1S/C20H22ClN3O2S/c1-12-4-3-7-24(9-12)10-15-11-27-20(22-15)23-19(25)18-13(2)16-8-14(21)5-6-17(16)26-18/h5-6,8,11-12H,3-4,7,9-10H2,1-2H3,(H,22,23,25)/t12-/m0/s1. The van der Waals surface area contributed by atoms with Gasteiger partial charge < -0.3 is 4.42 Å². The zero-order chi connectivity index (χ0) is 19.0. The molecule has 0 aliphatic carbocycles. The number of hydrogen-bond acceptors (Lipinski definition) is 5. The van der Waals surface area contributed by atoms with E-state index in [1.807, 2.05) is 18.4 Å². The lowest BCUT2D eigenvalue weighted by Gasteiger charge is -2.30. The molecule has 1 aromatic carbocycles. The highest BCUT2D eigenvalue weighted by Crippen LogP contribution is 2.29. The highest BCUT2D eigenvalue weighted by atomic mass is 35.5. The molecule has 1 aliphatic heterocycles. The SMILES string of the molecule is Cc1c(C(=O)Nc2nc(CN3CCC[C@H](C)C3)cs2)oc2ccc(Cl)cc12. The molecule has 2 aromatic heterocycles. The number of hydrogen-bond donors (Lipinski definition) is 1. The van der Waals surface area contributed by atoms with Crippen molar-refractivity contribution in [3.8, 4) is 0 Å². The first-order chi connectivity index (χ1) is 13.0. The Balaban J connectivity index is 1.46. The molecule has 7 heteroatoms. The molecule has 0 spiro atoms. The van der Waals surface area contributed by atoms with Gasteiger partial charge >= 0.3 is 0 Å². The van der Waals surface area contributed by atoms with E-state index < -0.39 is 0 Å². The van der Waals surface area contributed by atoms with Crippen molar-refractivity contribution in [2.45, 2.75) is 33.2 Å². The van der Waals surface area contributed by atoms with Crippen molar-refractivity contribution in [3.63, 3.8) is 0 Å². The minimum absolute atomic E-state index is 0.285. The van der Waals surface area contributed by atoms with Gasteiger partial charge in [-0.05, 0) is 50.4 Å². The Labute approximate surface area is 167 Å². The number of likely N-dealkylation sites (tertiary alicyclic amines) is 1. The van der Waals surface area contributed by atoms with E-state index in [1.54, 1.807) is 12.1 Å². The summed E-state index contributed by atoms with van der Waals surface area (Å²) in [4.78, 5) is 19.7. The highest BCUT2D eigenvalue weighted by Gasteiger charge is 2.20. The number of fused-ring (bicyclic) bond motifs is 1. The molecule has 0 radical (unpaired) electrons. The number of piperidine rings is 1. The number of nitrogens with one attached hydrogen (secondary N) is 1. The first-order valence-corrected chi connectivity index (χ1v) is 10.4. The van der Waals surface area contributed by atoms with E-state index in [-0.39, 0.29) is 5.91 Å². The fraction of sp³-hybridized carbons (Fsp3) is 0.400. The summed E-state index contributed by atoms with van der Waals surface area (Å²) in [7, 11) is 0.